The molecule has 1 N–H and O–H groups in total. The molecule has 0 aliphatic rings. The van der Waals surface area contributed by atoms with Gasteiger partial charge in [-0.2, -0.15) is 5.10 Å². The van der Waals surface area contributed by atoms with Crippen LogP contribution < -0.4 is 5.32 Å². The van der Waals surface area contributed by atoms with Gasteiger partial charge in [-0.25, -0.2) is 4.68 Å². The summed E-state index contributed by atoms with van der Waals surface area (Å²) in [4.78, 5) is 11.7. The van der Waals surface area contributed by atoms with E-state index < -0.39 is 0 Å². The van der Waals surface area contributed by atoms with Gasteiger partial charge in [-0.15, -0.1) is 5.10 Å². The van der Waals surface area contributed by atoms with Crippen LogP contribution in [0.25, 0.3) is 0 Å². The van der Waals surface area contributed by atoms with E-state index in [0.717, 1.165) is 17.9 Å². The summed E-state index contributed by atoms with van der Waals surface area (Å²) in [6.07, 6.45) is 1.42. The lowest BCUT2D eigenvalue weighted by molar-refractivity contribution is -0.122. The molecular formula is C12H19N7O. The van der Waals surface area contributed by atoms with Crippen LogP contribution >= 0.6 is 0 Å². The zero-order valence-corrected chi connectivity index (χ0v) is 11.9. The highest BCUT2D eigenvalue weighted by Gasteiger charge is 2.09. The molecule has 1 amide bonds. The van der Waals surface area contributed by atoms with Crippen molar-refractivity contribution in [2.75, 3.05) is 6.54 Å². The summed E-state index contributed by atoms with van der Waals surface area (Å²) < 4.78 is 3.36. The van der Waals surface area contributed by atoms with Crippen LogP contribution in [0.15, 0.2) is 12.4 Å². The molecule has 1 atom stereocenters. The number of carbonyl (C=O) groups excluding carboxylic acids is 1. The number of aromatic nitrogens is 6. The van der Waals surface area contributed by atoms with E-state index in [4.69, 9.17) is 0 Å². The minimum absolute atomic E-state index is 0.0995. The highest BCUT2D eigenvalue weighted by Crippen LogP contribution is 2.05. The Kier molecular flexibility index (Phi) is 4.44. The Morgan fingerprint density at radius 3 is 2.85 bits per heavy atom. The lowest BCUT2D eigenvalue weighted by Gasteiger charge is -2.13. The van der Waals surface area contributed by atoms with Gasteiger partial charge in [0.05, 0.1) is 5.69 Å². The van der Waals surface area contributed by atoms with Crippen molar-refractivity contribution < 1.29 is 4.79 Å². The third-order valence-corrected chi connectivity index (χ3v) is 2.93. The minimum atomic E-state index is -0.0995. The number of hydrogen-bond acceptors (Lipinski definition) is 5. The largest absolute Gasteiger partial charge is 0.354 e. The van der Waals surface area contributed by atoms with E-state index in [1.54, 1.807) is 0 Å². The van der Waals surface area contributed by atoms with Crippen molar-refractivity contribution >= 4 is 5.91 Å². The van der Waals surface area contributed by atoms with Gasteiger partial charge >= 0.3 is 0 Å². The van der Waals surface area contributed by atoms with Gasteiger partial charge in [0.25, 0.3) is 0 Å². The number of rotatable bonds is 6. The number of amides is 1. The highest BCUT2D eigenvalue weighted by atomic mass is 16.2. The first-order valence-electron chi connectivity index (χ1n) is 6.53. The number of tetrazole rings is 1. The van der Waals surface area contributed by atoms with E-state index in [2.05, 4.69) is 32.9 Å². The average molecular weight is 277 g/mol. The quantitative estimate of drug-likeness (QED) is 0.798. The van der Waals surface area contributed by atoms with Crippen molar-refractivity contribution in [1.29, 1.82) is 0 Å². The topological polar surface area (TPSA) is 90.5 Å². The zero-order valence-electron chi connectivity index (χ0n) is 11.9. The maximum Gasteiger partial charge on any atom is 0.241 e. The van der Waals surface area contributed by atoms with Crippen molar-refractivity contribution in [1.82, 2.24) is 35.3 Å². The van der Waals surface area contributed by atoms with Crippen LogP contribution in [0.4, 0.5) is 0 Å². The number of nitrogens with one attached hydrogen (secondary N) is 1. The minimum Gasteiger partial charge on any atom is -0.354 e. The van der Waals surface area contributed by atoms with Gasteiger partial charge in [0.15, 0.2) is 0 Å². The van der Waals surface area contributed by atoms with Crippen LogP contribution in [0.3, 0.4) is 0 Å². The molecule has 0 saturated carbocycles. The van der Waals surface area contributed by atoms with Crippen LogP contribution in [-0.4, -0.2) is 42.4 Å². The molecule has 0 aliphatic heterocycles. The second-order valence-corrected chi connectivity index (χ2v) is 5.03. The molecule has 0 aliphatic carbocycles. The Morgan fingerprint density at radius 2 is 2.25 bits per heavy atom. The number of carbonyl (C=O) groups is 1. The molecule has 2 heterocycles. The van der Waals surface area contributed by atoms with Crippen molar-refractivity contribution in [3.8, 4) is 0 Å². The summed E-state index contributed by atoms with van der Waals surface area (Å²) in [5.74, 6) is 0.198. The molecule has 0 saturated heterocycles. The second-order valence-electron chi connectivity index (χ2n) is 5.03. The summed E-state index contributed by atoms with van der Waals surface area (Å²) >= 11 is 0. The molecule has 2 rings (SSSR count). The van der Waals surface area contributed by atoms with E-state index in [0.29, 0.717) is 12.5 Å². The summed E-state index contributed by atoms with van der Waals surface area (Å²) in [6, 6.07) is 2.04. The van der Waals surface area contributed by atoms with Crippen molar-refractivity contribution in [2.45, 2.75) is 33.9 Å². The Balaban J connectivity index is 1.76. The predicted octanol–water partition coefficient (Wildman–Crippen LogP) is -0.0611. The SMILES string of the molecule is Cc1cc(C)n(CC(C)CNC(=O)Cn2cnnn2)n1. The lowest BCUT2D eigenvalue weighted by atomic mass is 10.2. The van der Waals surface area contributed by atoms with Gasteiger partial charge in [-0.1, -0.05) is 6.92 Å². The van der Waals surface area contributed by atoms with Crippen LogP contribution in [0.5, 0.6) is 0 Å². The normalized spacial score (nSPS) is 12.3. The first-order chi connectivity index (χ1) is 9.54. The summed E-state index contributed by atoms with van der Waals surface area (Å²) in [7, 11) is 0. The Morgan fingerprint density at radius 1 is 1.45 bits per heavy atom. The fraction of sp³-hybridized carbons (Fsp3) is 0.583. The molecule has 2 aromatic rings. The molecule has 108 valence electrons. The van der Waals surface area contributed by atoms with Gasteiger partial charge in [-0.3, -0.25) is 9.48 Å². The number of aryl methyl sites for hydroxylation is 2. The molecular weight excluding hydrogens is 258 g/mol. The predicted molar refractivity (Wildman–Crippen MR) is 71.7 cm³/mol. The fourth-order valence-electron chi connectivity index (χ4n) is 1.96. The van der Waals surface area contributed by atoms with E-state index >= 15 is 0 Å². The van der Waals surface area contributed by atoms with Gasteiger partial charge in [0, 0.05) is 18.8 Å². The third kappa shape index (κ3) is 3.87. The molecule has 20 heavy (non-hydrogen) atoms. The molecule has 0 spiro atoms. The van der Waals surface area contributed by atoms with Crippen molar-refractivity contribution in [3.05, 3.63) is 23.8 Å². The van der Waals surface area contributed by atoms with Crippen LogP contribution in [0, 0.1) is 19.8 Å². The van der Waals surface area contributed by atoms with E-state index in [9.17, 15) is 4.79 Å². The van der Waals surface area contributed by atoms with Crippen molar-refractivity contribution in [3.63, 3.8) is 0 Å². The van der Waals surface area contributed by atoms with Crippen LogP contribution in [-0.2, 0) is 17.9 Å². The molecule has 1 unspecified atom stereocenters. The maximum absolute atomic E-state index is 11.7. The Labute approximate surface area is 117 Å². The standard InChI is InChI=1S/C12H19N7O/c1-9(6-19-11(3)4-10(2)15-19)5-13-12(20)7-18-8-14-16-17-18/h4,8-9H,5-7H2,1-3H3,(H,13,20). The summed E-state index contributed by atoms with van der Waals surface area (Å²) in [5, 5.41) is 17.9. The van der Waals surface area contributed by atoms with E-state index in [-0.39, 0.29) is 12.5 Å². The number of nitrogens with zero attached hydrogens (tertiary/aromatic N) is 6. The van der Waals surface area contributed by atoms with Gasteiger partial charge in [-0.05, 0) is 36.3 Å². The van der Waals surface area contributed by atoms with E-state index in [1.165, 1.54) is 11.0 Å². The third-order valence-electron chi connectivity index (χ3n) is 2.93. The van der Waals surface area contributed by atoms with Gasteiger partial charge in [0.1, 0.15) is 12.9 Å². The molecule has 2 aromatic heterocycles. The lowest BCUT2D eigenvalue weighted by Crippen LogP contribution is -2.33. The van der Waals surface area contributed by atoms with Gasteiger partial charge < -0.3 is 5.32 Å². The molecule has 0 bridgehead atoms. The molecule has 8 nitrogen and oxygen atoms in total. The van der Waals surface area contributed by atoms with Crippen LogP contribution in [0.2, 0.25) is 0 Å². The first kappa shape index (κ1) is 14.2. The molecule has 0 fully saturated rings. The second kappa shape index (κ2) is 6.27. The van der Waals surface area contributed by atoms with Crippen molar-refractivity contribution in [2.24, 2.45) is 5.92 Å². The van der Waals surface area contributed by atoms with Gasteiger partial charge in [0.2, 0.25) is 5.91 Å². The monoisotopic (exact) mass is 277 g/mol. The highest BCUT2D eigenvalue weighted by molar-refractivity contribution is 5.75. The fourth-order valence-corrected chi connectivity index (χ4v) is 1.96. The maximum atomic E-state index is 11.7. The number of hydrogen-bond donors (Lipinski definition) is 1. The Bertz CT molecular complexity index is 560. The smallest absolute Gasteiger partial charge is 0.241 e. The first-order valence-corrected chi connectivity index (χ1v) is 6.53. The summed E-state index contributed by atoms with van der Waals surface area (Å²) in [6.45, 7) is 7.60. The zero-order chi connectivity index (χ0) is 14.5. The molecule has 0 radical (unpaired) electrons. The molecule has 8 heteroatoms. The van der Waals surface area contributed by atoms with Crippen LogP contribution in [0.1, 0.15) is 18.3 Å². The average Bonchev–Trinajstić information content (AvgIpc) is 2.98. The summed E-state index contributed by atoms with van der Waals surface area (Å²) in [5.41, 5.74) is 2.15. The Hall–Kier alpha value is -2.25. The van der Waals surface area contributed by atoms with E-state index in [1.807, 2.05) is 24.6 Å². The molecule has 0 aromatic carbocycles.